The van der Waals surface area contributed by atoms with Crippen LogP contribution >= 0.6 is 0 Å². The molecule has 0 saturated heterocycles. The Morgan fingerprint density at radius 1 is 1.14 bits per heavy atom. The Balaban J connectivity index is 1.60. The van der Waals surface area contributed by atoms with Crippen molar-refractivity contribution < 1.29 is 31.1 Å². The highest BCUT2D eigenvalue weighted by molar-refractivity contribution is 7.90. The number of carbonyl (C=O) groups excluding carboxylic acids is 1. The predicted molar refractivity (Wildman–Crippen MR) is 133 cm³/mol. The molecule has 0 bridgehead atoms. The molecule has 37 heavy (non-hydrogen) atoms. The maximum atomic E-state index is 13.8. The van der Waals surface area contributed by atoms with Gasteiger partial charge in [-0.25, -0.2) is 13.2 Å². The molecule has 196 valence electrons. The summed E-state index contributed by atoms with van der Waals surface area (Å²) in [6.07, 6.45) is -2.07. The zero-order valence-electron chi connectivity index (χ0n) is 20.7. The molecule has 0 saturated carbocycles. The van der Waals surface area contributed by atoms with Gasteiger partial charge in [0.05, 0.1) is 35.1 Å². The van der Waals surface area contributed by atoms with Gasteiger partial charge in [0.2, 0.25) is 0 Å². The van der Waals surface area contributed by atoms with E-state index in [1.165, 1.54) is 42.5 Å². The normalized spacial score (nSPS) is 14.8. The highest BCUT2D eigenvalue weighted by Gasteiger charge is 2.40. The van der Waals surface area contributed by atoms with Gasteiger partial charge in [-0.2, -0.15) is 13.2 Å². The third-order valence-electron chi connectivity index (χ3n) is 6.30. The molecular weight excluding hydrogens is 507 g/mol. The Bertz CT molecular complexity index is 1450. The number of alkyl halides is 3. The number of fused-ring (bicyclic) bond motifs is 1. The van der Waals surface area contributed by atoms with Crippen molar-refractivity contribution in [1.29, 1.82) is 0 Å². The van der Waals surface area contributed by atoms with Crippen LogP contribution in [0.15, 0.2) is 59.6 Å². The molecule has 2 aromatic carbocycles. The number of aromatic nitrogens is 1. The lowest BCUT2D eigenvalue weighted by Gasteiger charge is -2.21. The molecule has 11 heteroatoms. The largest absolute Gasteiger partial charge is 0.497 e. The summed E-state index contributed by atoms with van der Waals surface area (Å²) in [4.78, 5) is 19.0. The minimum atomic E-state index is -4.61. The third kappa shape index (κ3) is 5.41. The molecule has 0 atom stereocenters. The van der Waals surface area contributed by atoms with Crippen LogP contribution in [-0.2, 0) is 28.0 Å². The fraction of sp³-hybridized carbons (Fsp3) is 0.308. The van der Waals surface area contributed by atoms with Crippen molar-refractivity contribution in [2.24, 2.45) is 0 Å². The van der Waals surface area contributed by atoms with E-state index in [1.807, 2.05) is 13.8 Å². The van der Waals surface area contributed by atoms with Crippen LogP contribution in [0.5, 0.6) is 5.75 Å². The average molecular weight is 534 g/mol. The molecule has 0 fully saturated rings. The Labute approximate surface area is 213 Å². The standard InChI is InChI=1S/C26H26F3N3O4S/c1-25(2)15-32(24(33)31-13-16-5-8-18(9-6-16)37(4,34)35)23-14-30-22(12-21(23)25)19-10-7-17(36-3)11-20(19)26(27,28)29/h5-12,14H,13,15H2,1-4H3,(H,31,33). The number of urea groups is 1. The van der Waals surface area contributed by atoms with Crippen molar-refractivity contribution in [2.75, 3.05) is 24.8 Å². The molecular formula is C26H26F3N3O4S. The quantitative estimate of drug-likeness (QED) is 0.488. The van der Waals surface area contributed by atoms with E-state index in [9.17, 15) is 26.4 Å². The van der Waals surface area contributed by atoms with Gasteiger partial charge in [0.15, 0.2) is 9.84 Å². The summed E-state index contributed by atoms with van der Waals surface area (Å²) in [5, 5.41) is 2.81. The zero-order valence-corrected chi connectivity index (χ0v) is 21.5. The predicted octanol–water partition coefficient (Wildman–Crippen LogP) is 5.19. The topological polar surface area (TPSA) is 88.6 Å². The van der Waals surface area contributed by atoms with Gasteiger partial charge >= 0.3 is 12.2 Å². The van der Waals surface area contributed by atoms with Crippen LogP contribution in [0.25, 0.3) is 11.3 Å². The SMILES string of the molecule is COc1ccc(-c2cc3c(cn2)N(C(=O)NCc2ccc(S(C)(=O)=O)cc2)CC3(C)C)c(C(F)(F)F)c1. The van der Waals surface area contributed by atoms with Crippen LogP contribution in [0.4, 0.5) is 23.7 Å². The van der Waals surface area contributed by atoms with Crippen LogP contribution < -0.4 is 15.0 Å². The van der Waals surface area contributed by atoms with E-state index in [0.29, 0.717) is 23.4 Å². The van der Waals surface area contributed by atoms with Crippen molar-refractivity contribution in [3.8, 4) is 17.0 Å². The number of anilines is 1. The number of rotatable bonds is 5. The molecule has 0 radical (unpaired) electrons. The number of methoxy groups -OCH3 is 1. The van der Waals surface area contributed by atoms with Crippen LogP contribution in [0.2, 0.25) is 0 Å². The zero-order chi connectivity index (χ0) is 27.2. The summed E-state index contributed by atoms with van der Waals surface area (Å²) in [7, 11) is -2.02. The second kappa shape index (κ2) is 9.37. The number of nitrogens with one attached hydrogen (secondary N) is 1. The van der Waals surface area contributed by atoms with E-state index in [2.05, 4.69) is 10.3 Å². The first-order valence-corrected chi connectivity index (χ1v) is 13.2. The lowest BCUT2D eigenvalue weighted by Crippen LogP contribution is -2.41. The molecule has 0 spiro atoms. The molecule has 1 aliphatic heterocycles. The first-order chi connectivity index (χ1) is 17.2. The molecule has 1 aliphatic rings. The summed E-state index contributed by atoms with van der Waals surface area (Å²) < 4.78 is 69.5. The minimum Gasteiger partial charge on any atom is -0.497 e. The van der Waals surface area contributed by atoms with E-state index >= 15 is 0 Å². The first-order valence-electron chi connectivity index (χ1n) is 11.3. The molecule has 4 rings (SSSR count). The second-order valence-corrected chi connectivity index (χ2v) is 11.6. The fourth-order valence-electron chi connectivity index (χ4n) is 4.34. The number of benzene rings is 2. The number of nitrogens with zero attached hydrogens (tertiary/aromatic N) is 2. The number of pyridine rings is 1. The second-order valence-electron chi connectivity index (χ2n) is 9.54. The van der Waals surface area contributed by atoms with E-state index < -0.39 is 33.0 Å². The molecule has 0 unspecified atom stereocenters. The fourth-order valence-corrected chi connectivity index (χ4v) is 4.97. The van der Waals surface area contributed by atoms with Crippen molar-refractivity contribution in [1.82, 2.24) is 10.3 Å². The lowest BCUT2D eigenvalue weighted by atomic mass is 9.86. The van der Waals surface area contributed by atoms with Gasteiger partial charge in [-0.05, 0) is 47.5 Å². The highest BCUT2D eigenvalue weighted by atomic mass is 32.2. The van der Waals surface area contributed by atoms with E-state index in [0.717, 1.165) is 12.3 Å². The summed E-state index contributed by atoms with van der Waals surface area (Å²) in [6.45, 7) is 4.29. The number of ether oxygens (including phenoxy) is 1. The Morgan fingerprint density at radius 3 is 2.41 bits per heavy atom. The maximum absolute atomic E-state index is 13.8. The average Bonchev–Trinajstić information content (AvgIpc) is 3.11. The van der Waals surface area contributed by atoms with Gasteiger partial charge in [0, 0.05) is 30.3 Å². The number of hydrogen-bond acceptors (Lipinski definition) is 5. The Kier molecular flexibility index (Phi) is 6.70. The highest BCUT2D eigenvalue weighted by Crippen LogP contribution is 2.44. The molecule has 7 nitrogen and oxygen atoms in total. The van der Waals surface area contributed by atoms with Gasteiger partial charge in [-0.1, -0.05) is 26.0 Å². The van der Waals surface area contributed by atoms with Crippen molar-refractivity contribution in [3.63, 3.8) is 0 Å². The number of hydrogen-bond donors (Lipinski definition) is 1. The van der Waals surface area contributed by atoms with Gasteiger partial charge in [-0.15, -0.1) is 0 Å². The van der Waals surface area contributed by atoms with Crippen molar-refractivity contribution >= 4 is 21.6 Å². The number of carbonyl (C=O) groups is 1. The smallest absolute Gasteiger partial charge is 0.417 e. The number of halogens is 3. The molecule has 1 N–H and O–H groups in total. The van der Waals surface area contributed by atoms with Crippen molar-refractivity contribution in [3.05, 3.63) is 71.4 Å². The minimum absolute atomic E-state index is 0.0765. The van der Waals surface area contributed by atoms with Crippen LogP contribution in [0.1, 0.15) is 30.5 Å². The molecule has 1 aromatic heterocycles. The van der Waals surface area contributed by atoms with Crippen LogP contribution in [0.3, 0.4) is 0 Å². The van der Waals surface area contributed by atoms with Crippen molar-refractivity contribution in [2.45, 2.75) is 36.9 Å². The van der Waals surface area contributed by atoms with E-state index in [4.69, 9.17) is 4.74 Å². The number of amides is 2. The van der Waals surface area contributed by atoms with Gasteiger partial charge < -0.3 is 10.1 Å². The summed E-state index contributed by atoms with van der Waals surface area (Å²) >= 11 is 0. The van der Waals surface area contributed by atoms with E-state index in [1.54, 1.807) is 18.2 Å². The monoisotopic (exact) mass is 533 g/mol. The molecule has 2 heterocycles. The van der Waals surface area contributed by atoms with Gasteiger partial charge in [0.1, 0.15) is 5.75 Å². The van der Waals surface area contributed by atoms with E-state index in [-0.39, 0.29) is 28.4 Å². The molecule has 2 amide bonds. The summed E-state index contributed by atoms with van der Waals surface area (Å²) in [5.74, 6) is 0.0892. The Morgan fingerprint density at radius 2 is 1.81 bits per heavy atom. The Hall–Kier alpha value is -3.60. The van der Waals surface area contributed by atoms with Gasteiger partial charge in [-0.3, -0.25) is 9.88 Å². The molecule has 3 aromatic rings. The maximum Gasteiger partial charge on any atom is 0.417 e. The first kappa shape index (κ1) is 26.5. The van der Waals surface area contributed by atoms with Crippen LogP contribution in [0, 0.1) is 0 Å². The van der Waals surface area contributed by atoms with Crippen LogP contribution in [-0.4, -0.2) is 39.3 Å². The summed E-state index contributed by atoms with van der Waals surface area (Å²) in [5.41, 5.74) is 0.614. The number of sulfone groups is 1. The van der Waals surface area contributed by atoms with Gasteiger partial charge in [0.25, 0.3) is 0 Å². The summed E-state index contributed by atoms with van der Waals surface area (Å²) in [6, 6.07) is 11.1. The lowest BCUT2D eigenvalue weighted by molar-refractivity contribution is -0.137. The third-order valence-corrected chi connectivity index (χ3v) is 7.43. The molecule has 0 aliphatic carbocycles.